The van der Waals surface area contributed by atoms with Gasteiger partial charge in [0.05, 0.1) is 0 Å². The average molecular weight is 326 g/mol. The van der Waals surface area contributed by atoms with Crippen LogP contribution in [0.1, 0.15) is 42.5 Å². The third-order valence-electron chi connectivity index (χ3n) is 4.76. The highest BCUT2D eigenvalue weighted by Gasteiger charge is 2.34. The predicted molar refractivity (Wildman–Crippen MR) is 100 cm³/mol. The van der Waals surface area contributed by atoms with Crippen LogP contribution in [-0.2, 0) is 5.41 Å². The van der Waals surface area contributed by atoms with Crippen LogP contribution in [0.4, 0.5) is 0 Å². The van der Waals surface area contributed by atoms with Crippen LogP contribution in [0.25, 0.3) is 5.57 Å². The van der Waals surface area contributed by atoms with Gasteiger partial charge in [-0.15, -0.1) is 0 Å². The highest BCUT2D eigenvalue weighted by molar-refractivity contribution is 6.30. The van der Waals surface area contributed by atoms with E-state index in [4.69, 9.17) is 11.6 Å². The summed E-state index contributed by atoms with van der Waals surface area (Å²) in [5.74, 6) is 0. The highest BCUT2D eigenvalue weighted by Crippen LogP contribution is 2.46. The molecule has 1 nitrogen and oxygen atoms in total. The number of halogens is 1. The van der Waals surface area contributed by atoms with Crippen LogP contribution in [-0.4, -0.2) is 25.5 Å². The summed E-state index contributed by atoms with van der Waals surface area (Å²) in [4.78, 5) is 2.22. The molecular formula is C21H24ClN. The smallest absolute Gasteiger partial charge is 0.0412 e. The van der Waals surface area contributed by atoms with Crippen molar-refractivity contribution in [3.63, 3.8) is 0 Å². The summed E-state index contributed by atoms with van der Waals surface area (Å²) in [5, 5.41) is 0.803. The molecule has 0 aromatic heterocycles. The quantitative estimate of drug-likeness (QED) is 0.734. The lowest BCUT2D eigenvalue weighted by Gasteiger charge is -2.36. The molecule has 0 amide bonds. The van der Waals surface area contributed by atoms with E-state index in [1.54, 1.807) is 0 Å². The Balaban J connectivity index is 2.19. The maximum atomic E-state index is 6.31. The Morgan fingerprint density at radius 2 is 1.70 bits per heavy atom. The molecule has 2 heteroatoms. The maximum absolute atomic E-state index is 6.31. The van der Waals surface area contributed by atoms with Crippen molar-refractivity contribution in [2.75, 3.05) is 20.6 Å². The molecule has 0 unspecified atom stereocenters. The van der Waals surface area contributed by atoms with Gasteiger partial charge in [0.15, 0.2) is 0 Å². The zero-order chi connectivity index (χ0) is 16.6. The Morgan fingerprint density at radius 1 is 1.00 bits per heavy atom. The Kier molecular flexibility index (Phi) is 4.35. The van der Waals surface area contributed by atoms with E-state index in [2.05, 4.69) is 75.3 Å². The van der Waals surface area contributed by atoms with Crippen LogP contribution in [0.3, 0.4) is 0 Å². The second kappa shape index (κ2) is 6.14. The molecule has 0 fully saturated rings. The first-order valence-corrected chi connectivity index (χ1v) is 8.54. The molecule has 1 aliphatic rings. The first kappa shape index (κ1) is 16.3. The molecule has 0 atom stereocenters. The van der Waals surface area contributed by atoms with E-state index in [0.29, 0.717) is 0 Å². The number of fused-ring (bicyclic) bond motifs is 2. The first-order chi connectivity index (χ1) is 10.9. The molecule has 2 aromatic rings. The van der Waals surface area contributed by atoms with E-state index in [1.807, 2.05) is 6.07 Å². The van der Waals surface area contributed by atoms with Gasteiger partial charge in [-0.05, 0) is 60.5 Å². The summed E-state index contributed by atoms with van der Waals surface area (Å²) in [6, 6.07) is 15.1. The standard InChI is InChI=1S/C21H24ClN/c1-21(2)19-10-6-5-8-17(19)16(9-7-13-23(3)4)18-14-15(22)11-12-20(18)21/h5-6,8-12,14H,7,13H2,1-4H3/b16-9-. The topological polar surface area (TPSA) is 3.24 Å². The molecule has 2 aromatic carbocycles. The molecule has 0 radical (unpaired) electrons. The second-order valence-electron chi connectivity index (χ2n) is 7.07. The van der Waals surface area contributed by atoms with Crippen molar-refractivity contribution in [2.45, 2.75) is 25.7 Å². The minimum Gasteiger partial charge on any atom is -0.309 e. The Labute approximate surface area is 144 Å². The van der Waals surface area contributed by atoms with Crippen molar-refractivity contribution in [3.05, 3.63) is 75.8 Å². The number of hydrogen-bond donors (Lipinski definition) is 0. The normalized spacial score (nSPS) is 17.2. The van der Waals surface area contributed by atoms with Crippen molar-refractivity contribution >= 4 is 17.2 Å². The van der Waals surface area contributed by atoms with Gasteiger partial charge < -0.3 is 4.90 Å². The van der Waals surface area contributed by atoms with Gasteiger partial charge in [-0.25, -0.2) is 0 Å². The number of rotatable bonds is 3. The summed E-state index contributed by atoms with van der Waals surface area (Å²) in [6.45, 7) is 5.65. The SMILES string of the molecule is CN(C)CC/C=C1/c2ccccc2C(C)(C)c2ccc(Cl)cc21. The lowest BCUT2D eigenvalue weighted by molar-refractivity contribution is 0.417. The van der Waals surface area contributed by atoms with E-state index in [9.17, 15) is 0 Å². The van der Waals surface area contributed by atoms with E-state index in [-0.39, 0.29) is 5.41 Å². The molecule has 0 aliphatic heterocycles. The molecule has 0 saturated carbocycles. The summed E-state index contributed by atoms with van der Waals surface area (Å²) in [7, 11) is 4.22. The van der Waals surface area contributed by atoms with Crippen molar-refractivity contribution < 1.29 is 0 Å². The van der Waals surface area contributed by atoms with Crippen LogP contribution in [0.2, 0.25) is 5.02 Å². The van der Waals surface area contributed by atoms with Crippen LogP contribution < -0.4 is 0 Å². The van der Waals surface area contributed by atoms with Crippen LogP contribution in [0.5, 0.6) is 0 Å². The zero-order valence-electron chi connectivity index (χ0n) is 14.4. The monoisotopic (exact) mass is 325 g/mol. The summed E-state index contributed by atoms with van der Waals surface area (Å²) in [5.41, 5.74) is 6.68. The second-order valence-corrected chi connectivity index (χ2v) is 7.51. The van der Waals surface area contributed by atoms with E-state index < -0.39 is 0 Å². The van der Waals surface area contributed by atoms with Crippen LogP contribution >= 0.6 is 11.6 Å². The fourth-order valence-corrected chi connectivity index (χ4v) is 3.70. The molecule has 0 heterocycles. The zero-order valence-corrected chi connectivity index (χ0v) is 15.1. The average Bonchev–Trinajstić information content (AvgIpc) is 2.50. The Hall–Kier alpha value is -1.57. The van der Waals surface area contributed by atoms with Crippen molar-refractivity contribution in [3.8, 4) is 0 Å². The van der Waals surface area contributed by atoms with Crippen molar-refractivity contribution in [1.29, 1.82) is 0 Å². The molecule has 120 valence electrons. The largest absolute Gasteiger partial charge is 0.309 e. The fraction of sp³-hybridized carbons (Fsp3) is 0.333. The molecular weight excluding hydrogens is 302 g/mol. The predicted octanol–water partition coefficient (Wildman–Crippen LogP) is 5.36. The first-order valence-electron chi connectivity index (χ1n) is 8.16. The van der Waals surface area contributed by atoms with Crippen molar-refractivity contribution in [2.24, 2.45) is 0 Å². The Bertz CT molecular complexity index is 756. The molecule has 1 aliphatic carbocycles. The van der Waals surface area contributed by atoms with Gasteiger partial charge in [-0.3, -0.25) is 0 Å². The minimum absolute atomic E-state index is 0.00456. The molecule has 0 bridgehead atoms. The summed E-state index contributed by atoms with van der Waals surface area (Å²) < 4.78 is 0. The lowest BCUT2D eigenvalue weighted by atomic mass is 9.67. The molecule has 0 N–H and O–H groups in total. The lowest BCUT2D eigenvalue weighted by Crippen LogP contribution is -2.26. The van der Waals surface area contributed by atoms with Gasteiger partial charge in [0.1, 0.15) is 0 Å². The summed E-state index contributed by atoms with van der Waals surface area (Å²) >= 11 is 6.31. The number of benzene rings is 2. The number of hydrogen-bond acceptors (Lipinski definition) is 1. The van der Waals surface area contributed by atoms with Gasteiger partial charge in [-0.2, -0.15) is 0 Å². The van der Waals surface area contributed by atoms with Crippen molar-refractivity contribution in [1.82, 2.24) is 4.90 Å². The minimum atomic E-state index is -0.00456. The van der Waals surface area contributed by atoms with E-state index in [0.717, 1.165) is 18.0 Å². The third kappa shape index (κ3) is 2.96. The van der Waals surface area contributed by atoms with Gasteiger partial charge >= 0.3 is 0 Å². The summed E-state index contributed by atoms with van der Waals surface area (Å²) in [6.07, 6.45) is 3.40. The third-order valence-corrected chi connectivity index (χ3v) is 5.00. The van der Waals surface area contributed by atoms with E-state index >= 15 is 0 Å². The van der Waals surface area contributed by atoms with Crippen LogP contribution in [0.15, 0.2) is 48.5 Å². The van der Waals surface area contributed by atoms with Gasteiger partial charge in [0.25, 0.3) is 0 Å². The number of nitrogens with zero attached hydrogens (tertiary/aromatic N) is 1. The van der Waals surface area contributed by atoms with Crippen LogP contribution in [0, 0.1) is 0 Å². The Morgan fingerprint density at radius 3 is 2.43 bits per heavy atom. The van der Waals surface area contributed by atoms with Gasteiger partial charge in [0, 0.05) is 17.0 Å². The van der Waals surface area contributed by atoms with E-state index in [1.165, 1.54) is 27.8 Å². The molecule has 0 saturated heterocycles. The molecule has 3 rings (SSSR count). The maximum Gasteiger partial charge on any atom is 0.0412 e. The highest BCUT2D eigenvalue weighted by atomic mass is 35.5. The molecule has 23 heavy (non-hydrogen) atoms. The molecule has 0 spiro atoms. The van der Waals surface area contributed by atoms with Gasteiger partial charge in [-0.1, -0.05) is 61.9 Å². The fourth-order valence-electron chi connectivity index (χ4n) is 3.52. The van der Waals surface area contributed by atoms with Gasteiger partial charge in [0.2, 0.25) is 0 Å².